The molecule has 0 amide bonds. The van der Waals surface area contributed by atoms with Crippen LogP contribution >= 0.6 is 15.9 Å². The fraction of sp³-hybridized carbons (Fsp3) is 0.857. The molecule has 0 N–H and O–H groups in total. The average Bonchev–Trinajstić information content (AvgIpc) is 1.85. The molecular weight excluding hydrogens is 210 g/mol. The Balaban J connectivity index is 4.22. The van der Waals surface area contributed by atoms with Crippen LogP contribution in [0.4, 0.5) is 0 Å². The third kappa shape index (κ3) is 3.20. The summed E-state index contributed by atoms with van der Waals surface area (Å²) in [4.78, 5) is 13.0. The number of carbonyl (C=O) groups excluding carboxylic acids is 1. The van der Waals surface area contributed by atoms with Crippen LogP contribution in [0.25, 0.3) is 0 Å². The van der Waals surface area contributed by atoms with Crippen molar-refractivity contribution in [2.24, 2.45) is 0 Å². The van der Waals surface area contributed by atoms with Gasteiger partial charge in [-0.3, -0.25) is 9.69 Å². The first-order valence-electron chi connectivity index (χ1n) is 3.39. The molecule has 0 saturated heterocycles. The van der Waals surface area contributed by atoms with Crippen LogP contribution in [0.15, 0.2) is 0 Å². The highest BCUT2D eigenvalue weighted by Gasteiger charge is 2.25. The van der Waals surface area contributed by atoms with Gasteiger partial charge in [-0.15, -0.1) is 0 Å². The highest BCUT2D eigenvalue weighted by Crippen LogP contribution is 2.10. The van der Waals surface area contributed by atoms with E-state index in [0.717, 1.165) is 0 Å². The van der Waals surface area contributed by atoms with Gasteiger partial charge >= 0.3 is 5.97 Å². The van der Waals surface area contributed by atoms with Gasteiger partial charge in [0.15, 0.2) is 0 Å². The Hall–Kier alpha value is -0.0900. The lowest BCUT2D eigenvalue weighted by Crippen LogP contribution is -2.42. The molecule has 0 saturated carbocycles. The van der Waals surface area contributed by atoms with Crippen molar-refractivity contribution in [3.8, 4) is 0 Å². The summed E-state index contributed by atoms with van der Waals surface area (Å²) in [6.45, 7) is 1.92. The minimum Gasteiger partial charge on any atom is -0.468 e. The van der Waals surface area contributed by atoms with Gasteiger partial charge in [0.05, 0.1) is 7.11 Å². The number of esters is 1. The van der Waals surface area contributed by atoms with E-state index in [1.807, 2.05) is 25.9 Å². The SMILES string of the molecule is COC(=O)[C@H](C(C)Br)N(C)C. The van der Waals surface area contributed by atoms with Crippen LogP contribution < -0.4 is 0 Å². The normalized spacial score (nSPS) is 16.2. The molecule has 2 atom stereocenters. The maximum absolute atomic E-state index is 11.1. The summed E-state index contributed by atoms with van der Waals surface area (Å²) in [6.07, 6.45) is 0. The Morgan fingerprint density at radius 1 is 1.55 bits per heavy atom. The predicted molar refractivity (Wildman–Crippen MR) is 47.9 cm³/mol. The van der Waals surface area contributed by atoms with E-state index in [1.165, 1.54) is 7.11 Å². The van der Waals surface area contributed by atoms with E-state index in [1.54, 1.807) is 0 Å². The van der Waals surface area contributed by atoms with Crippen molar-refractivity contribution in [2.45, 2.75) is 17.8 Å². The summed E-state index contributed by atoms with van der Waals surface area (Å²) in [6, 6.07) is -0.208. The number of methoxy groups -OCH3 is 1. The molecule has 0 aromatic carbocycles. The summed E-state index contributed by atoms with van der Waals surface area (Å²) in [5.41, 5.74) is 0. The quantitative estimate of drug-likeness (QED) is 0.526. The van der Waals surface area contributed by atoms with Crippen molar-refractivity contribution in [1.29, 1.82) is 0 Å². The van der Waals surface area contributed by atoms with Crippen molar-refractivity contribution in [1.82, 2.24) is 4.90 Å². The van der Waals surface area contributed by atoms with Gasteiger partial charge in [0.1, 0.15) is 6.04 Å². The Morgan fingerprint density at radius 3 is 2.09 bits per heavy atom. The number of nitrogens with zero attached hydrogens (tertiary/aromatic N) is 1. The largest absolute Gasteiger partial charge is 0.468 e. The number of likely N-dealkylation sites (N-methyl/N-ethyl adjacent to an activating group) is 1. The molecule has 0 bridgehead atoms. The third-order valence-electron chi connectivity index (χ3n) is 1.43. The van der Waals surface area contributed by atoms with Gasteiger partial charge in [-0.05, 0) is 14.1 Å². The van der Waals surface area contributed by atoms with Crippen LogP contribution in [0.1, 0.15) is 6.92 Å². The molecule has 0 aliphatic heterocycles. The molecule has 1 unspecified atom stereocenters. The van der Waals surface area contributed by atoms with E-state index in [4.69, 9.17) is 0 Å². The molecule has 0 aliphatic rings. The molecule has 3 nitrogen and oxygen atoms in total. The lowest BCUT2D eigenvalue weighted by molar-refractivity contribution is -0.145. The van der Waals surface area contributed by atoms with E-state index in [9.17, 15) is 4.79 Å². The lowest BCUT2D eigenvalue weighted by atomic mass is 10.2. The van der Waals surface area contributed by atoms with Gasteiger partial charge in [0.2, 0.25) is 0 Å². The Morgan fingerprint density at radius 2 is 2.00 bits per heavy atom. The second-order valence-electron chi connectivity index (χ2n) is 2.61. The summed E-state index contributed by atoms with van der Waals surface area (Å²) in [5, 5.41) is 0. The van der Waals surface area contributed by atoms with Crippen LogP contribution in [-0.4, -0.2) is 42.9 Å². The Bertz CT molecular complexity index is 128. The smallest absolute Gasteiger partial charge is 0.324 e. The van der Waals surface area contributed by atoms with E-state index >= 15 is 0 Å². The van der Waals surface area contributed by atoms with E-state index < -0.39 is 0 Å². The zero-order valence-electron chi connectivity index (χ0n) is 7.30. The second-order valence-corrected chi connectivity index (χ2v) is 4.05. The number of hydrogen-bond donors (Lipinski definition) is 0. The van der Waals surface area contributed by atoms with Crippen molar-refractivity contribution in [3.05, 3.63) is 0 Å². The maximum atomic E-state index is 11.1. The zero-order chi connectivity index (χ0) is 9.02. The van der Waals surface area contributed by atoms with E-state index in [-0.39, 0.29) is 16.8 Å². The molecule has 0 spiro atoms. The first-order chi connectivity index (χ1) is 5.00. The average molecular weight is 224 g/mol. The third-order valence-corrected chi connectivity index (χ3v) is 1.93. The Labute approximate surface area is 75.8 Å². The van der Waals surface area contributed by atoms with Crippen LogP contribution in [-0.2, 0) is 9.53 Å². The van der Waals surface area contributed by atoms with Crippen LogP contribution in [0.3, 0.4) is 0 Å². The molecular formula is C7H14BrNO2. The number of carbonyl (C=O) groups is 1. The molecule has 66 valence electrons. The van der Waals surface area contributed by atoms with Gasteiger partial charge in [0.25, 0.3) is 0 Å². The van der Waals surface area contributed by atoms with Crippen molar-refractivity contribution in [3.63, 3.8) is 0 Å². The highest BCUT2D eigenvalue weighted by atomic mass is 79.9. The van der Waals surface area contributed by atoms with E-state index in [0.29, 0.717) is 0 Å². The van der Waals surface area contributed by atoms with Gasteiger partial charge in [0, 0.05) is 4.83 Å². The summed E-state index contributed by atoms with van der Waals surface area (Å²) >= 11 is 3.34. The number of rotatable bonds is 3. The fourth-order valence-corrected chi connectivity index (χ4v) is 1.62. The van der Waals surface area contributed by atoms with Crippen LogP contribution in [0.2, 0.25) is 0 Å². The fourth-order valence-electron chi connectivity index (χ4n) is 0.930. The van der Waals surface area contributed by atoms with Crippen molar-refractivity contribution < 1.29 is 9.53 Å². The zero-order valence-corrected chi connectivity index (χ0v) is 8.88. The summed E-state index contributed by atoms with van der Waals surface area (Å²) in [7, 11) is 5.09. The predicted octanol–water partition coefficient (Wildman–Crippen LogP) is 0.873. The minimum absolute atomic E-state index is 0.102. The second kappa shape index (κ2) is 4.72. The standard InChI is InChI=1S/C7H14BrNO2/c1-5(8)6(9(2)3)7(10)11-4/h5-6H,1-4H3/t5?,6-/m0/s1. The molecule has 0 aliphatic carbocycles. The van der Waals surface area contributed by atoms with Crippen molar-refractivity contribution >= 4 is 21.9 Å². The van der Waals surface area contributed by atoms with Crippen LogP contribution in [0, 0.1) is 0 Å². The van der Waals surface area contributed by atoms with Crippen molar-refractivity contribution in [2.75, 3.05) is 21.2 Å². The monoisotopic (exact) mass is 223 g/mol. The number of hydrogen-bond acceptors (Lipinski definition) is 3. The molecule has 0 fully saturated rings. The van der Waals surface area contributed by atoms with Gasteiger partial charge in [-0.25, -0.2) is 0 Å². The lowest BCUT2D eigenvalue weighted by Gasteiger charge is -2.23. The number of ether oxygens (including phenoxy) is 1. The highest BCUT2D eigenvalue weighted by molar-refractivity contribution is 9.09. The number of alkyl halides is 1. The van der Waals surface area contributed by atoms with Crippen LogP contribution in [0.5, 0.6) is 0 Å². The van der Waals surface area contributed by atoms with Gasteiger partial charge < -0.3 is 4.74 Å². The van der Waals surface area contributed by atoms with Gasteiger partial charge in [-0.1, -0.05) is 22.9 Å². The summed E-state index contributed by atoms with van der Waals surface area (Å²) < 4.78 is 4.62. The molecule has 0 aromatic rings. The number of halogens is 1. The molecule has 11 heavy (non-hydrogen) atoms. The maximum Gasteiger partial charge on any atom is 0.324 e. The molecule has 4 heteroatoms. The first-order valence-corrected chi connectivity index (χ1v) is 4.30. The summed E-state index contributed by atoms with van der Waals surface area (Å²) in [5.74, 6) is -0.209. The molecule has 0 radical (unpaired) electrons. The van der Waals surface area contributed by atoms with Gasteiger partial charge in [-0.2, -0.15) is 0 Å². The first kappa shape index (κ1) is 10.9. The van der Waals surface area contributed by atoms with E-state index in [2.05, 4.69) is 20.7 Å². The molecule has 0 rings (SSSR count). The topological polar surface area (TPSA) is 29.5 Å². The molecule has 0 aromatic heterocycles. The minimum atomic E-state index is -0.209. The molecule has 0 heterocycles. The Kier molecular flexibility index (Phi) is 4.68.